The molecular weight excluding hydrogens is 486 g/mol. The predicted octanol–water partition coefficient (Wildman–Crippen LogP) is 3.07. The minimum atomic E-state index is -0.842. The number of rotatable bonds is 10. The lowest BCUT2D eigenvalue weighted by Gasteiger charge is -2.35. The molecule has 3 amide bonds. The van der Waals surface area contributed by atoms with Gasteiger partial charge < -0.3 is 29.3 Å². The molecule has 3 atom stereocenters. The van der Waals surface area contributed by atoms with E-state index in [9.17, 15) is 19.5 Å². The smallest absolute Gasteiger partial charge is 0.325 e. The summed E-state index contributed by atoms with van der Waals surface area (Å²) in [6.07, 6.45) is 1.85. The first-order valence-electron chi connectivity index (χ1n) is 13.4. The zero-order chi connectivity index (χ0) is 26.9. The molecule has 0 saturated carbocycles. The Hall–Kier alpha value is -3.59. The molecule has 0 radical (unpaired) electrons. The van der Waals surface area contributed by atoms with E-state index < -0.39 is 18.1 Å². The topological polar surface area (TPSA) is 99.6 Å². The minimum Gasteiger partial charge on any atom is -0.491 e. The largest absolute Gasteiger partial charge is 0.491 e. The van der Waals surface area contributed by atoms with Crippen molar-refractivity contribution in [3.05, 3.63) is 66.2 Å². The predicted molar refractivity (Wildman–Crippen MR) is 141 cm³/mol. The number of urea groups is 1. The van der Waals surface area contributed by atoms with Crippen molar-refractivity contribution >= 4 is 17.9 Å². The van der Waals surface area contributed by atoms with Gasteiger partial charge in [-0.05, 0) is 50.3 Å². The van der Waals surface area contributed by atoms with E-state index in [1.54, 1.807) is 16.7 Å². The molecular formula is C29H37N3O6. The first-order valence-corrected chi connectivity index (χ1v) is 13.4. The maximum absolute atomic E-state index is 13.7. The van der Waals surface area contributed by atoms with E-state index in [2.05, 4.69) is 0 Å². The molecule has 1 unspecified atom stereocenters. The number of benzene rings is 2. The number of carbonyl (C=O) groups is 3. The molecule has 38 heavy (non-hydrogen) atoms. The number of esters is 1. The van der Waals surface area contributed by atoms with Gasteiger partial charge in [0.25, 0.3) is 0 Å². The van der Waals surface area contributed by atoms with E-state index in [0.29, 0.717) is 38.1 Å². The van der Waals surface area contributed by atoms with Crippen molar-refractivity contribution in [2.75, 3.05) is 32.8 Å². The highest BCUT2D eigenvalue weighted by molar-refractivity contribution is 5.89. The van der Waals surface area contributed by atoms with Crippen molar-refractivity contribution in [2.45, 2.75) is 57.3 Å². The van der Waals surface area contributed by atoms with Gasteiger partial charge in [0.1, 0.15) is 31.0 Å². The first-order chi connectivity index (χ1) is 18.5. The Morgan fingerprint density at radius 1 is 0.974 bits per heavy atom. The Kier molecular flexibility index (Phi) is 9.59. The van der Waals surface area contributed by atoms with Crippen LogP contribution in [0.15, 0.2) is 60.7 Å². The summed E-state index contributed by atoms with van der Waals surface area (Å²) in [4.78, 5) is 44.5. The highest BCUT2D eigenvalue weighted by Gasteiger charge is 2.43. The van der Waals surface area contributed by atoms with Crippen LogP contribution in [-0.2, 0) is 20.9 Å². The molecule has 0 bridgehead atoms. The van der Waals surface area contributed by atoms with Crippen molar-refractivity contribution < 1.29 is 29.0 Å². The van der Waals surface area contributed by atoms with E-state index in [1.165, 1.54) is 4.90 Å². The third-order valence-electron chi connectivity index (χ3n) is 7.09. The lowest BCUT2D eigenvalue weighted by molar-refractivity contribution is -0.144. The molecule has 9 heteroatoms. The summed E-state index contributed by atoms with van der Waals surface area (Å²) < 4.78 is 10.8. The second-order valence-corrected chi connectivity index (χ2v) is 9.71. The summed E-state index contributed by atoms with van der Waals surface area (Å²) in [6.45, 7) is 3.03. The summed E-state index contributed by atoms with van der Waals surface area (Å²) in [6, 6.07) is 17.3. The maximum Gasteiger partial charge on any atom is 0.325 e. The molecule has 2 saturated heterocycles. The van der Waals surface area contributed by atoms with Gasteiger partial charge in [-0.25, -0.2) is 4.79 Å². The van der Waals surface area contributed by atoms with Gasteiger partial charge in [-0.2, -0.15) is 0 Å². The molecule has 2 aromatic rings. The number of hydrogen-bond acceptors (Lipinski definition) is 6. The number of nitrogens with zero attached hydrogens (tertiary/aromatic N) is 3. The van der Waals surface area contributed by atoms with Gasteiger partial charge in [-0.1, -0.05) is 48.5 Å². The van der Waals surface area contributed by atoms with Gasteiger partial charge >= 0.3 is 12.0 Å². The molecule has 2 aliphatic heterocycles. The molecule has 2 aromatic carbocycles. The summed E-state index contributed by atoms with van der Waals surface area (Å²) >= 11 is 0. The maximum atomic E-state index is 13.7. The van der Waals surface area contributed by atoms with Gasteiger partial charge in [-0.3, -0.25) is 9.59 Å². The standard InChI is InChI=1S/C29H37N3O6/c1-2-37-27(34)20-30(19-22-11-5-3-6-12-22)29(36)32-18-10-16-25(32)28(35)31-17-9-15-24(31)26(33)21-38-23-13-7-4-8-14-23/h3-8,11-14,24-26,33H,2,9-10,15-21H2,1H3/t24-,25-,26?/m0/s1. The zero-order valence-corrected chi connectivity index (χ0v) is 21.9. The van der Waals surface area contributed by atoms with E-state index in [0.717, 1.165) is 12.0 Å². The number of carbonyl (C=O) groups excluding carboxylic acids is 3. The van der Waals surface area contributed by atoms with E-state index in [1.807, 2.05) is 60.7 Å². The Labute approximate surface area is 223 Å². The normalized spacial score (nSPS) is 19.7. The van der Waals surface area contributed by atoms with Crippen LogP contribution >= 0.6 is 0 Å². The number of aliphatic hydroxyl groups is 1. The van der Waals surface area contributed by atoms with Crippen molar-refractivity contribution in [2.24, 2.45) is 0 Å². The number of para-hydroxylation sites is 1. The molecule has 0 aromatic heterocycles. The molecule has 1 N–H and O–H groups in total. The monoisotopic (exact) mass is 523 g/mol. The fraction of sp³-hybridized carbons (Fsp3) is 0.483. The fourth-order valence-corrected chi connectivity index (χ4v) is 5.26. The second-order valence-electron chi connectivity index (χ2n) is 9.71. The van der Waals surface area contributed by atoms with Crippen LogP contribution in [0.25, 0.3) is 0 Å². The SMILES string of the molecule is CCOC(=O)CN(Cc1ccccc1)C(=O)N1CCC[C@H]1C(=O)N1CCC[C@H]1C(O)COc1ccccc1. The van der Waals surface area contributed by atoms with Gasteiger partial charge in [0.2, 0.25) is 5.91 Å². The Balaban J connectivity index is 1.44. The van der Waals surface area contributed by atoms with Crippen molar-refractivity contribution in [3.8, 4) is 5.75 Å². The van der Waals surface area contributed by atoms with Crippen LogP contribution < -0.4 is 4.74 Å². The Morgan fingerprint density at radius 2 is 1.63 bits per heavy atom. The van der Waals surface area contributed by atoms with Gasteiger partial charge in [0.15, 0.2) is 0 Å². The van der Waals surface area contributed by atoms with Crippen LogP contribution in [0.2, 0.25) is 0 Å². The van der Waals surface area contributed by atoms with Crippen molar-refractivity contribution in [1.82, 2.24) is 14.7 Å². The van der Waals surface area contributed by atoms with Gasteiger partial charge in [0.05, 0.1) is 12.6 Å². The second kappa shape index (κ2) is 13.3. The Bertz CT molecular complexity index is 1070. The van der Waals surface area contributed by atoms with Crippen LogP contribution in [0.5, 0.6) is 5.75 Å². The lowest BCUT2D eigenvalue weighted by Crippen LogP contribution is -2.55. The van der Waals surface area contributed by atoms with E-state index in [-0.39, 0.29) is 44.3 Å². The molecule has 204 valence electrons. The van der Waals surface area contributed by atoms with E-state index >= 15 is 0 Å². The van der Waals surface area contributed by atoms with Crippen LogP contribution in [0.3, 0.4) is 0 Å². The number of hydrogen-bond donors (Lipinski definition) is 1. The quantitative estimate of drug-likeness (QED) is 0.481. The third-order valence-corrected chi connectivity index (χ3v) is 7.09. The van der Waals surface area contributed by atoms with Crippen LogP contribution in [0, 0.1) is 0 Å². The number of ether oxygens (including phenoxy) is 2. The summed E-state index contributed by atoms with van der Waals surface area (Å²) in [5.74, 6) is 0.0167. The molecule has 2 fully saturated rings. The summed E-state index contributed by atoms with van der Waals surface area (Å²) in [5.41, 5.74) is 0.883. The van der Waals surface area contributed by atoms with Crippen LogP contribution in [-0.4, -0.2) is 88.7 Å². The van der Waals surface area contributed by atoms with E-state index in [4.69, 9.17) is 9.47 Å². The van der Waals surface area contributed by atoms with Crippen molar-refractivity contribution in [3.63, 3.8) is 0 Å². The molecule has 0 spiro atoms. The van der Waals surface area contributed by atoms with Crippen molar-refractivity contribution in [1.29, 1.82) is 0 Å². The van der Waals surface area contributed by atoms with Crippen LogP contribution in [0.4, 0.5) is 4.79 Å². The van der Waals surface area contributed by atoms with Gasteiger partial charge in [0, 0.05) is 19.6 Å². The molecule has 2 aliphatic rings. The fourth-order valence-electron chi connectivity index (χ4n) is 5.26. The first kappa shape index (κ1) is 27.4. The van der Waals surface area contributed by atoms with Crippen LogP contribution in [0.1, 0.15) is 38.2 Å². The number of amides is 3. The number of aliphatic hydroxyl groups excluding tert-OH is 1. The lowest BCUT2D eigenvalue weighted by atomic mass is 10.1. The highest BCUT2D eigenvalue weighted by atomic mass is 16.5. The third kappa shape index (κ3) is 6.83. The highest BCUT2D eigenvalue weighted by Crippen LogP contribution is 2.28. The number of likely N-dealkylation sites (tertiary alicyclic amines) is 2. The zero-order valence-electron chi connectivity index (χ0n) is 21.9. The average molecular weight is 524 g/mol. The summed E-state index contributed by atoms with van der Waals surface area (Å²) in [5, 5.41) is 10.9. The average Bonchev–Trinajstić information content (AvgIpc) is 3.62. The minimum absolute atomic E-state index is 0.0795. The Morgan fingerprint density at radius 3 is 2.34 bits per heavy atom. The molecule has 0 aliphatic carbocycles. The van der Waals surface area contributed by atoms with Gasteiger partial charge in [-0.15, -0.1) is 0 Å². The molecule has 9 nitrogen and oxygen atoms in total. The molecule has 4 rings (SSSR count). The molecule has 2 heterocycles. The summed E-state index contributed by atoms with van der Waals surface area (Å²) in [7, 11) is 0.